The van der Waals surface area contributed by atoms with Gasteiger partial charge in [0, 0.05) is 42.9 Å². The summed E-state index contributed by atoms with van der Waals surface area (Å²) in [7, 11) is -0.612. The van der Waals surface area contributed by atoms with Crippen LogP contribution in [0.4, 0.5) is 5.13 Å². The van der Waals surface area contributed by atoms with Crippen LogP contribution >= 0.6 is 22.7 Å². The molecule has 162 valence electrons. The number of thiazole rings is 1. The first-order valence-electron chi connectivity index (χ1n) is 9.39. The summed E-state index contributed by atoms with van der Waals surface area (Å²) in [6, 6.07) is 7.72. The Balaban J connectivity index is 1.45. The van der Waals surface area contributed by atoms with E-state index in [4.69, 9.17) is 0 Å². The summed E-state index contributed by atoms with van der Waals surface area (Å²) >= 11 is 2.82. The van der Waals surface area contributed by atoms with Crippen LogP contribution in [-0.2, 0) is 23.0 Å². The predicted octanol–water partition coefficient (Wildman–Crippen LogP) is 2.91. The van der Waals surface area contributed by atoms with E-state index in [1.807, 2.05) is 5.38 Å². The number of sulfonamides is 1. The lowest BCUT2D eigenvalue weighted by molar-refractivity contribution is 0.0736. The summed E-state index contributed by atoms with van der Waals surface area (Å²) in [4.78, 5) is 32.5. The SMILES string of the molecule is CN(C)S(=O)(=O)c1ccc(C(=O)N2CCc3nc(NC(=O)c4ccsc4)sc3C2)cc1. The van der Waals surface area contributed by atoms with E-state index >= 15 is 0 Å². The van der Waals surface area contributed by atoms with Crippen LogP contribution in [-0.4, -0.2) is 55.1 Å². The molecular weight excluding hydrogens is 456 g/mol. The van der Waals surface area contributed by atoms with Crippen molar-refractivity contribution in [2.24, 2.45) is 0 Å². The van der Waals surface area contributed by atoms with Crippen LogP contribution in [0.25, 0.3) is 0 Å². The van der Waals surface area contributed by atoms with E-state index in [0.717, 1.165) is 14.9 Å². The highest BCUT2D eigenvalue weighted by molar-refractivity contribution is 7.89. The van der Waals surface area contributed by atoms with Crippen molar-refractivity contribution in [1.82, 2.24) is 14.2 Å². The fourth-order valence-electron chi connectivity index (χ4n) is 3.15. The Kier molecular flexibility index (Phi) is 5.93. The number of benzene rings is 1. The number of carbonyl (C=O) groups is 2. The summed E-state index contributed by atoms with van der Waals surface area (Å²) in [5.74, 6) is -0.371. The van der Waals surface area contributed by atoms with Gasteiger partial charge in [-0.05, 0) is 35.7 Å². The van der Waals surface area contributed by atoms with Crippen LogP contribution in [0.3, 0.4) is 0 Å². The summed E-state index contributed by atoms with van der Waals surface area (Å²) in [5, 5.41) is 6.96. The van der Waals surface area contributed by atoms with Crippen LogP contribution < -0.4 is 5.32 Å². The highest BCUT2D eigenvalue weighted by atomic mass is 32.2. The Labute approximate surface area is 188 Å². The fourth-order valence-corrected chi connectivity index (χ4v) is 5.70. The topological polar surface area (TPSA) is 99.7 Å². The second-order valence-electron chi connectivity index (χ2n) is 7.14. The van der Waals surface area contributed by atoms with Gasteiger partial charge in [0.15, 0.2) is 5.13 Å². The summed E-state index contributed by atoms with van der Waals surface area (Å²) in [6.07, 6.45) is 0.596. The number of rotatable bonds is 5. The number of thiophene rings is 1. The second-order valence-corrected chi connectivity index (χ2v) is 11.2. The van der Waals surface area contributed by atoms with Crippen molar-refractivity contribution in [2.45, 2.75) is 17.9 Å². The van der Waals surface area contributed by atoms with Gasteiger partial charge < -0.3 is 4.90 Å². The summed E-state index contributed by atoms with van der Waals surface area (Å²) < 4.78 is 25.5. The van der Waals surface area contributed by atoms with Crippen molar-refractivity contribution in [3.05, 3.63) is 62.8 Å². The van der Waals surface area contributed by atoms with Crippen molar-refractivity contribution in [2.75, 3.05) is 26.0 Å². The minimum atomic E-state index is -3.54. The molecule has 0 bridgehead atoms. The van der Waals surface area contributed by atoms with Crippen molar-refractivity contribution < 1.29 is 18.0 Å². The van der Waals surface area contributed by atoms with Crippen molar-refractivity contribution >= 4 is 49.6 Å². The molecule has 1 aliphatic rings. The normalized spacial score (nSPS) is 13.8. The van der Waals surface area contributed by atoms with Gasteiger partial charge in [-0.2, -0.15) is 11.3 Å². The molecule has 3 heterocycles. The van der Waals surface area contributed by atoms with E-state index in [-0.39, 0.29) is 16.7 Å². The van der Waals surface area contributed by atoms with Crippen LogP contribution in [0.15, 0.2) is 46.0 Å². The molecule has 3 aromatic rings. The Morgan fingerprint density at radius 1 is 1.13 bits per heavy atom. The quantitative estimate of drug-likeness (QED) is 0.610. The van der Waals surface area contributed by atoms with Crippen LogP contribution in [0.1, 0.15) is 31.3 Å². The van der Waals surface area contributed by atoms with Crippen molar-refractivity contribution in [3.8, 4) is 0 Å². The van der Waals surface area contributed by atoms with Gasteiger partial charge in [-0.3, -0.25) is 14.9 Å². The highest BCUT2D eigenvalue weighted by Crippen LogP contribution is 2.29. The van der Waals surface area contributed by atoms with Crippen LogP contribution in [0.5, 0.6) is 0 Å². The van der Waals surface area contributed by atoms with Gasteiger partial charge in [-0.15, -0.1) is 0 Å². The first-order chi connectivity index (χ1) is 14.8. The number of anilines is 1. The molecule has 0 saturated carbocycles. The molecule has 11 heteroatoms. The maximum atomic E-state index is 12.9. The maximum Gasteiger partial charge on any atom is 0.258 e. The smallest absolute Gasteiger partial charge is 0.258 e. The van der Waals surface area contributed by atoms with Crippen LogP contribution in [0, 0.1) is 0 Å². The molecule has 0 spiro atoms. The second kappa shape index (κ2) is 8.50. The number of amides is 2. The van der Waals surface area contributed by atoms with E-state index in [2.05, 4.69) is 10.3 Å². The van der Waals surface area contributed by atoms with Crippen molar-refractivity contribution in [3.63, 3.8) is 0 Å². The molecule has 0 fully saturated rings. The average Bonchev–Trinajstić information content (AvgIpc) is 3.42. The molecule has 2 aromatic heterocycles. The molecule has 8 nitrogen and oxygen atoms in total. The zero-order chi connectivity index (χ0) is 22.2. The van der Waals surface area contributed by atoms with E-state index in [1.165, 1.54) is 61.0 Å². The first kappa shape index (κ1) is 21.6. The van der Waals surface area contributed by atoms with E-state index in [1.54, 1.807) is 16.3 Å². The molecule has 1 aromatic carbocycles. The number of nitrogens with zero attached hydrogens (tertiary/aromatic N) is 3. The molecule has 4 rings (SSSR count). The lowest BCUT2D eigenvalue weighted by Crippen LogP contribution is -2.35. The molecule has 0 saturated heterocycles. The molecule has 0 radical (unpaired) electrons. The Morgan fingerprint density at radius 2 is 1.87 bits per heavy atom. The molecular formula is C20H20N4O4S3. The number of aromatic nitrogens is 1. The highest BCUT2D eigenvalue weighted by Gasteiger charge is 2.26. The van der Waals surface area contributed by atoms with Gasteiger partial charge >= 0.3 is 0 Å². The zero-order valence-corrected chi connectivity index (χ0v) is 19.3. The molecule has 0 aliphatic carbocycles. The number of carbonyl (C=O) groups excluding carboxylic acids is 2. The minimum Gasteiger partial charge on any atom is -0.333 e. The van der Waals surface area contributed by atoms with E-state index in [0.29, 0.717) is 35.8 Å². The molecule has 1 N–H and O–H groups in total. The molecule has 2 amide bonds. The minimum absolute atomic E-state index is 0.142. The van der Waals surface area contributed by atoms with Gasteiger partial charge in [-0.1, -0.05) is 11.3 Å². The lowest BCUT2D eigenvalue weighted by atomic mass is 10.1. The summed E-state index contributed by atoms with van der Waals surface area (Å²) in [5.41, 5.74) is 1.91. The standard InChI is InChI=1S/C20H20N4O4S3/c1-23(2)31(27,28)15-5-3-13(4-6-15)19(26)24-9-7-16-17(11-24)30-20(21-16)22-18(25)14-8-10-29-12-14/h3-6,8,10,12H,7,9,11H2,1-2H3,(H,21,22,25). The molecule has 31 heavy (non-hydrogen) atoms. The lowest BCUT2D eigenvalue weighted by Gasteiger charge is -2.26. The van der Waals surface area contributed by atoms with E-state index < -0.39 is 10.0 Å². The van der Waals surface area contributed by atoms with Gasteiger partial charge in [0.25, 0.3) is 11.8 Å². The van der Waals surface area contributed by atoms with Gasteiger partial charge in [0.2, 0.25) is 10.0 Å². The number of nitrogens with one attached hydrogen (secondary N) is 1. The Hall–Kier alpha value is -2.60. The number of hydrogen-bond donors (Lipinski definition) is 1. The van der Waals surface area contributed by atoms with Crippen molar-refractivity contribution in [1.29, 1.82) is 0 Å². The Bertz CT molecular complexity index is 1220. The van der Waals surface area contributed by atoms with Crippen LogP contribution in [0.2, 0.25) is 0 Å². The molecule has 1 aliphatic heterocycles. The average molecular weight is 477 g/mol. The third kappa shape index (κ3) is 4.40. The number of hydrogen-bond acceptors (Lipinski definition) is 7. The molecule has 0 unspecified atom stereocenters. The largest absolute Gasteiger partial charge is 0.333 e. The third-order valence-corrected chi connectivity index (χ3v) is 8.41. The van der Waals surface area contributed by atoms with Gasteiger partial charge in [-0.25, -0.2) is 17.7 Å². The monoisotopic (exact) mass is 476 g/mol. The van der Waals surface area contributed by atoms with Gasteiger partial charge in [0.1, 0.15) is 0 Å². The summed E-state index contributed by atoms with van der Waals surface area (Å²) in [6.45, 7) is 0.906. The zero-order valence-electron chi connectivity index (χ0n) is 16.9. The Morgan fingerprint density at radius 3 is 2.52 bits per heavy atom. The van der Waals surface area contributed by atoms with E-state index in [9.17, 15) is 18.0 Å². The first-order valence-corrected chi connectivity index (χ1v) is 12.6. The predicted molar refractivity (Wildman–Crippen MR) is 120 cm³/mol. The number of fused-ring (bicyclic) bond motifs is 1. The fraction of sp³-hybridized carbons (Fsp3) is 0.250. The van der Waals surface area contributed by atoms with Gasteiger partial charge in [0.05, 0.1) is 22.7 Å². The third-order valence-electron chi connectivity index (χ3n) is 4.90. The molecule has 0 atom stereocenters. The maximum absolute atomic E-state index is 12.9.